The average Bonchev–Trinajstić information content (AvgIpc) is 2.41. The fourth-order valence-corrected chi connectivity index (χ4v) is 0.993. The summed E-state index contributed by atoms with van der Waals surface area (Å²) >= 11 is 0. The van der Waals surface area contributed by atoms with Crippen molar-refractivity contribution in [3.63, 3.8) is 0 Å². The summed E-state index contributed by atoms with van der Waals surface area (Å²) in [7, 11) is 0. The largest absolute Gasteiger partial charge is 0.294 e. The van der Waals surface area contributed by atoms with Gasteiger partial charge in [-0.2, -0.15) is 0 Å². The normalized spacial score (nSPS) is 10.5. The number of hydrogen-bond donors (Lipinski definition) is 0. The Balaban J connectivity index is -0.000000506. The van der Waals surface area contributed by atoms with E-state index in [-0.39, 0.29) is 5.78 Å². The fourth-order valence-electron chi connectivity index (χ4n) is 0.993. The van der Waals surface area contributed by atoms with Crippen LogP contribution in [0.1, 0.15) is 54.9 Å². The summed E-state index contributed by atoms with van der Waals surface area (Å²) in [5.41, 5.74) is 1.45. The van der Waals surface area contributed by atoms with Crippen LogP contribution in [0.2, 0.25) is 0 Å². The van der Waals surface area contributed by atoms with Gasteiger partial charge in [-0.1, -0.05) is 71.6 Å². The van der Waals surface area contributed by atoms with Crippen molar-refractivity contribution >= 4 is 5.78 Å². The molecule has 0 aromatic carbocycles. The minimum absolute atomic E-state index is 0.0499. The lowest BCUT2D eigenvalue weighted by Gasteiger charge is -2.01. The lowest BCUT2D eigenvalue weighted by atomic mass is 10.0. The number of carbonyl (C=O) groups is 1. The van der Waals surface area contributed by atoms with Crippen LogP contribution in [0.4, 0.5) is 0 Å². The minimum atomic E-state index is 0.0499. The highest BCUT2D eigenvalue weighted by Crippen LogP contribution is 2.11. The third kappa shape index (κ3) is 12.7. The Morgan fingerprint density at radius 1 is 1.17 bits per heavy atom. The second kappa shape index (κ2) is 18.0. The molecule has 0 amide bonds. The molecule has 0 aliphatic rings. The van der Waals surface area contributed by atoms with Gasteiger partial charge in [0.2, 0.25) is 0 Å². The van der Waals surface area contributed by atoms with Crippen LogP contribution < -0.4 is 0 Å². The second-order valence-corrected chi connectivity index (χ2v) is 3.00. The van der Waals surface area contributed by atoms with Crippen LogP contribution in [-0.2, 0) is 4.79 Å². The van der Waals surface area contributed by atoms with Crippen LogP contribution in [0.25, 0.3) is 0 Å². The molecule has 0 saturated carbocycles. The van der Waals surface area contributed by atoms with Gasteiger partial charge < -0.3 is 0 Å². The van der Waals surface area contributed by atoms with Crippen LogP contribution in [0, 0.1) is 0 Å². The molecule has 0 saturated heterocycles. The number of allylic oxidation sites excluding steroid dienone is 7. The molecule has 0 heterocycles. The van der Waals surface area contributed by atoms with Crippen LogP contribution in [-0.4, -0.2) is 5.78 Å². The Morgan fingerprint density at radius 3 is 2.00 bits per heavy atom. The van der Waals surface area contributed by atoms with Crippen molar-refractivity contribution < 1.29 is 4.79 Å². The highest BCUT2D eigenvalue weighted by atomic mass is 16.1. The predicted molar refractivity (Wildman–Crippen MR) is 84.8 cm³/mol. The monoisotopic (exact) mass is 250 g/mol. The van der Waals surface area contributed by atoms with Gasteiger partial charge in [0.05, 0.1) is 0 Å². The summed E-state index contributed by atoms with van der Waals surface area (Å²) in [6.07, 6.45) is 10.4. The number of hydrogen-bond acceptors (Lipinski definition) is 1. The standard InChI is InChI=1S/C13H18O.2C2H6/c1-5-7-9-11(3)13(12(4)14)10-8-6-2;2*1-2/h6-10H,3,5H2,1-2,4H3;2*1-2H3/b8-6-,9-7+,13-10+;;. The molecule has 0 aliphatic heterocycles. The molecule has 0 atom stereocenters. The van der Waals surface area contributed by atoms with E-state index in [1.165, 1.54) is 0 Å². The van der Waals surface area contributed by atoms with E-state index in [1.54, 1.807) is 13.0 Å². The summed E-state index contributed by atoms with van der Waals surface area (Å²) in [4.78, 5) is 11.3. The van der Waals surface area contributed by atoms with Crippen molar-refractivity contribution in [2.75, 3.05) is 0 Å². The average molecular weight is 250 g/mol. The van der Waals surface area contributed by atoms with Crippen LogP contribution in [0.3, 0.4) is 0 Å². The molecule has 0 N–H and O–H groups in total. The summed E-state index contributed by atoms with van der Waals surface area (Å²) in [5, 5.41) is 0. The molecular formula is C17H30O. The summed E-state index contributed by atoms with van der Waals surface area (Å²) in [6.45, 7) is 17.4. The topological polar surface area (TPSA) is 17.1 Å². The van der Waals surface area contributed by atoms with E-state index in [0.717, 1.165) is 12.0 Å². The van der Waals surface area contributed by atoms with Gasteiger partial charge in [-0.05, 0) is 25.8 Å². The minimum Gasteiger partial charge on any atom is -0.294 e. The third-order valence-electron chi connectivity index (χ3n) is 1.74. The summed E-state index contributed by atoms with van der Waals surface area (Å²) in [5.74, 6) is 0.0499. The van der Waals surface area contributed by atoms with E-state index in [1.807, 2.05) is 65.8 Å². The first-order valence-corrected chi connectivity index (χ1v) is 6.83. The van der Waals surface area contributed by atoms with Gasteiger partial charge in [-0.3, -0.25) is 4.79 Å². The number of Topliss-reactive ketones (excluding diaryl/α,β-unsaturated/α-hetero) is 1. The molecule has 0 aromatic rings. The second-order valence-electron chi connectivity index (χ2n) is 3.00. The Labute approximate surface area is 114 Å². The van der Waals surface area contributed by atoms with E-state index in [4.69, 9.17) is 0 Å². The van der Waals surface area contributed by atoms with Crippen LogP contribution in [0.5, 0.6) is 0 Å². The van der Waals surface area contributed by atoms with Crippen molar-refractivity contribution in [2.24, 2.45) is 0 Å². The molecule has 1 nitrogen and oxygen atoms in total. The maximum Gasteiger partial charge on any atom is 0.160 e. The first kappa shape index (κ1) is 21.9. The van der Waals surface area contributed by atoms with E-state index in [2.05, 4.69) is 6.58 Å². The third-order valence-corrected chi connectivity index (χ3v) is 1.74. The molecule has 18 heavy (non-hydrogen) atoms. The van der Waals surface area contributed by atoms with Crippen molar-refractivity contribution in [3.8, 4) is 0 Å². The van der Waals surface area contributed by atoms with Gasteiger partial charge in [0, 0.05) is 5.57 Å². The Kier molecular flexibility index (Phi) is 21.9. The van der Waals surface area contributed by atoms with Gasteiger partial charge in [-0.25, -0.2) is 0 Å². The van der Waals surface area contributed by atoms with Crippen molar-refractivity contribution in [2.45, 2.75) is 54.9 Å². The van der Waals surface area contributed by atoms with Crippen molar-refractivity contribution in [3.05, 3.63) is 48.1 Å². The summed E-state index contributed by atoms with van der Waals surface area (Å²) < 4.78 is 0. The lowest BCUT2D eigenvalue weighted by molar-refractivity contribution is -0.113. The van der Waals surface area contributed by atoms with Gasteiger partial charge >= 0.3 is 0 Å². The molecule has 104 valence electrons. The SMILES string of the molecule is C=C(/C=C/CC)/C(=C\C=C/C)C(C)=O.CC.CC. The molecule has 0 radical (unpaired) electrons. The Morgan fingerprint density at radius 2 is 1.67 bits per heavy atom. The molecule has 0 rings (SSSR count). The molecule has 0 unspecified atom stereocenters. The molecule has 0 fully saturated rings. The molecule has 0 aliphatic carbocycles. The quantitative estimate of drug-likeness (QED) is 0.455. The Bertz CT molecular complexity index is 291. The fraction of sp³-hybridized carbons (Fsp3) is 0.471. The van der Waals surface area contributed by atoms with E-state index in [9.17, 15) is 4.79 Å². The Hall–Kier alpha value is -1.37. The van der Waals surface area contributed by atoms with Gasteiger partial charge in [0.15, 0.2) is 5.78 Å². The molecule has 1 heteroatoms. The highest BCUT2D eigenvalue weighted by molar-refractivity contribution is 5.98. The lowest BCUT2D eigenvalue weighted by Crippen LogP contribution is -1.97. The van der Waals surface area contributed by atoms with E-state index < -0.39 is 0 Å². The molecule has 0 bridgehead atoms. The van der Waals surface area contributed by atoms with Gasteiger partial charge in [0.1, 0.15) is 0 Å². The van der Waals surface area contributed by atoms with Crippen molar-refractivity contribution in [1.29, 1.82) is 0 Å². The number of carbonyl (C=O) groups excluding carboxylic acids is 1. The summed E-state index contributed by atoms with van der Waals surface area (Å²) in [6, 6.07) is 0. The van der Waals surface area contributed by atoms with Gasteiger partial charge in [-0.15, -0.1) is 0 Å². The first-order valence-electron chi connectivity index (χ1n) is 6.83. The van der Waals surface area contributed by atoms with Crippen LogP contribution >= 0.6 is 0 Å². The van der Waals surface area contributed by atoms with Crippen molar-refractivity contribution in [1.82, 2.24) is 0 Å². The van der Waals surface area contributed by atoms with E-state index >= 15 is 0 Å². The molecule has 0 aromatic heterocycles. The molecular weight excluding hydrogens is 220 g/mol. The van der Waals surface area contributed by atoms with E-state index in [0.29, 0.717) is 5.57 Å². The zero-order valence-electron chi connectivity index (χ0n) is 13.2. The predicted octanol–water partition coefficient (Wildman–Crippen LogP) is 5.65. The highest BCUT2D eigenvalue weighted by Gasteiger charge is 2.03. The maximum atomic E-state index is 11.3. The van der Waals surface area contributed by atoms with Gasteiger partial charge in [0.25, 0.3) is 0 Å². The molecule has 0 spiro atoms. The maximum absolute atomic E-state index is 11.3. The number of ketones is 1. The first-order chi connectivity index (χ1) is 8.63. The zero-order valence-corrected chi connectivity index (χ0v) is 13.2. The zero-order chi connectivity index (χ0) is 15.0. The van der Waals surface area contributed by atoms with Crippen LogP contribution in [0.15, 0.2) is 48.1 Å². The smallest absolute Gasteiger partial charge is 0.160 e. The number of rotatable bonds is 5.